The maximum atomic E-state index is 12.1. The molecule has 0 spiro atoms. The molecule has 1 heterocycles. The number of fused-ring (bicyclic) bond motifs is 1. The molecule has 1 N–H and O–H groups in total. The highest BCUT2D eigenvalue weighted by Gasteiger charge is 2.36. The van der Waals surface area contributed by atoms with Crippen LogP contribution >= 0.6 is 11.6 Å². The normalized spacial score (nSPS) is 14.0. The fraction of sp³-hybridized carbons (Fsp3) is 0.400. The maximum absolute atomic E-state index is 12.1. The van der Waals surface area contributed by atoms with E-state index in [1.54, 1.807) is 24.1 Å². The minimum absolute atomic E-state index is 0.0544. The van der Waals surface area contributed by atoms with Gasteiger partial charge in [-0.2, -0.15) is 0 Å². The number of rotatable bonds is 5. The fourth-order valence-corrected chi connectivity index (χ4v) is 2.49. The Morgan fingerprint density at radius 2 is 2.05 bits per heavy atom. The lowest BCUT2D eigenvalue weighted by Crippen LogP contribution is -2.44. The third-order valence-electron chi connectivity index (χ3n) is 3.18. The Kier molecular flexibility index (Phi) is 4.83. The maximum Gasteiger partial charge on any atom is 0.300 e. The minimum atomic E-state index is -0.603. The van der Waals surface area contributed by atoms with Crippen LogP contribution in [0.2, 0.25) is 5.02 Å². The van der Waals surface area contributed by atoms with Crippen LogP contribution < -0.4 is 10.2 Å². The number of benzene rings is 1. The summed E-state index contributed by atoms with van der Waals surface area (Å²) >= 11 is 5.86. The molecule has 0 aliphatic carbocycles. The largest absolute Gasteiger partial charge is 0.353 e. The fourth-order valence-electron chi connectivity index (χ4n) is 2.32. The standard InChI is InChI=1S/C15H18ClN3O3/c1-9(2)17-13(20)7-18(3)8-19-12-5-4-10(16)6-11(12)14(21)15(19)22/h4-6,9H,7-8H2,1-3H3,(H,17,20). The molecule has 0 aromatic heterocycles. The number of amides is 2. The third-order valence-corrected chi connectivity index (χ3v) is 3.41. The average Bonchev–Trinajstić information content (AvgIpc) is 2.62. The summed E-state index contributed by atoms with van der Waals surface area (Å²) in [7, 11) is 1.71. The van der Waals surface area contributed by atoms with Crippen molar-refractivity contribution in [3.05, 3.63) is 28.8 Å². The Bertz CT molecular complexity index is 630. The number of carbonyl (C=O) groups excluding carboxylic acids is 3. The number of carbonyl (C=O) groups is 3. The zero-order valence-electron chi connectivity index (χ0n) is 12.7. The number of ketones is 1. The zero-order chi connectivity index (χ0) is 16.4. The van der Waals surface area contributed by atoms with E-state index in [0.717, 1.165) is 0 Å². The lowest BCUT2D eigenvalue weighted by Gasteiger charge is -2.24. The highest BCUT2D eigenvalue weighted by molar-refractivity contribution is 6.52. The van der Waals surface area contributed by atoms with Gasteiger partial charge in [-0.05, 0) is 39.1 Å². The van der Waals surface area contributed by atoms with Crippen LogP contribution in [0.5, 0.6) is 0 Å². The van der Waals surface area contributed by atoms with Crippen LogP contribution in [0, 0.1) is 0 Å². The second-order valence-electron chi connectivity index (χ2n) is 5.60. The van der Waals surface area contributed by atoms with Crippen LogP contribution in [0.4, 0.5) is 5.69 Å². The van der Waals surface area contributed by atoms with Gasteiger partial charge in [0, 0.05) is 11.1 Å². The van der Waals surface area contributed by atoms with E-state index in [9.17, 15) is 14.4 Å². The van der Waals surface area contributed by atoms with E-state index >= 15 is 0 Å². The van der Waals surface area contributed by atoms with E-state index in [1.165, 1.54) is 11.0 Å². The number of anilines is 1. The summed E-state index contributed by atoms with van der Waals surface area (Å²) in [5.74, 6) is -1.31. The second-order valence-corrected chi connectivity index (χ2v) is 6.04. The van der Waals surface area contributed by atoms with Crippen LogP contribution in [0.25, 0.3) is 0 Å². The molecule has 0 radical (unpaired) electrons. The summed E-state index contributed by atoms with van der Waals surface area (Å²) in [5.41, 5.74) is 0.827. The topological polar surface area (TPSA) is 69.7 Å². The first-order valence-corrected chi connectivity index (χ1v) is 7.31. The van der Waals surface area contributed by atoms with Crippen molar-refractivity contribution < 1.29 is 14.4 Å². The van der Waals surface area contributed by atoms with E-state index in [1.807, 2.05) is 13.8 Å². The number of hydrogen-bond acceptors (Lipinski definition) is 4. The molecular weight excluding hydrogens is 306 g/mol. The van der Waals surface area contributed by atoms with Gasteiger partial charge in [0.15, 0.2) is 0 Å². The molecule has 1 aromatic carbocycles. The van der Waals surface area contributed by atoms with Crippen molar-refractivity contribution in [1.82, 2.24) is 10.2 Å². The molecular formula is C15H18ClN3O3. The van der Waals surface area contributed by atoms with Gasteiger partial charge in [0.25, 0.3) is 5.78 Å². The van der Waals surface area contributed by atoms with Gasteiger partial charge in [-0.15, -0.1) is 0 Å². The Morgan fingerprint density at radius 1 is 1.36 bits per heavy atom. The Balaban J connectivity index is 2.09. The molecule has 7 heteroatoms. The number of halogens is 1. The molecule has 22 heavy (non-hydrogen) atoms. The lowest BCUT2D eigenvalue weighted by atomic mass is 10.1. The monoisotopic (exact) mass is 323 g/mol. The van der Waals surface area contributed by atoms with Crippen molar-refractivity contribution in [2.75, 3.05) is 25.2 Å². The van der Waals surface area contributed by atoms with Gasteiger partial charge < -0.3 is 5.32 Å². The van der Waals surface area contributed by atoms with Gasteiger partial charge in [0.2, 0.25) is 5.91 Å². The lowest BCUT2D eigenvalue weighted by molar-refractivity contribution is -0.123. The van der Waals surface area contributed by atoms with Crippen molar-refractivity contribution in [1.29, 1.82) is 0 Å². The summed E-state index contributed by atoms with van der Waals surface area (Å²) < 4.78 is 0. The van der Waals surface area contributed by atoms with E-state index < -0.39 is 11.7 Å². The Labute approximate surface area is 134 Å². The number of hydrogen-bond donors (Lipinski definition) is 1. The van der Waals surface area contributed by atoms with E-state index in [2.05, 4.69) is 5.32 Å². The van der Waals surface area contributed by atoms with Gasteiger partial charge in [-0.25, -0.2) is 0 Å². The van der Waals surface area contributed by atoms with E-state index in [-0.39, 0.29) is 25.2 Å². The van der Waals surface area contributed by atoms with Crippen LogP contribution in [0.3, 0.4) is 0 Å². The van der Waals surface area contributed by atoms with Crippen molar-refractivity contribution >= 4 is 34.9 Å². The van der Waals surface area contributed by atoms with Crippen molar-refractivity contribution in [3.63, 3.8) is 0 Å². The SMILES string of the molecule is CC(C)NC(=O)CN(C)CN1C(=O)C(=O)c2cc(Cl)ccc21. The van der Waals surface area contributed by atoms with Gasteiger partial charge in [-0.3, -0.25) is 24.2 Å². The van der Waals surface area contributed by atoms with Crippen LogP contribution in [-0.4, -0.2) is 48.8 Å². The number of likely N-dealkylation sites (N-methyl/N-ethyl adjacent to an activating group) is 1. The summed E-state index contributed by atoms with van der Waals surface area (Å²) in [6.45, 7) is 4.05. The van der Waals surface area contributed by atoms with Crippen LogP contribution in [0.15, 0.2) is 18.2 Å². The molecule has 118 valence electrons. The summed E-state index contributed by atoms with van der Waals surface area (Å²) in [6.07, 6.45) is 0. The molecule has 1 aliphatic heterocycles. The Hall–Kier alpha value is -1.92. The van der Waals surface area contributed by atoms with E-state index in [0.29, 0.717) is 16.3 Å². The summed E-state index contributed by atoms with van der Waals surface area (Å²) in [5, 5.41) is 3.19. The number of Topliss-reactive ketones (excluding diaryl/α,β-unsaturated/α-hetero) is 1. The second kappa shape index (κ2) is 6.46. The Morgan fingerprint density at radius 3 is 2.68 bits per heavy atom. The quantitative estimate of drug-likeness (QED) is 0.829. The predicted octanol–water partition coefficient (Wildman–Crippen LogP) is 1.28. The first-order valence-electron chi connectivity index (χ1n) is 6.93. The van der Waals surface area contributed by atoms with Gasteiger partial charge in [-0.1, -0.05) is 11.6 Å². The average molecular weight is 324 g/mol. The molecule has 0 unspecified atom stereocenters. The van der Waals surface area contributed by atoms with Crippen LogP contribution in [0.1, 0.15) is 24.2 Å². The summed E-state index contributed by atoms with van der Waals surface area (Å²) in [6, 6.07) is 4.81. The van der Waals surface area contributed by atoms with Crippen molar-refractivity contribution in [3.8, 4) is 0 Å². The van der Waals surface area contributed by atoms with Crippen molar-refractivity contribution in [2.24, 2.45) is 0 Å². The van der Waals surface area contributed by atoms with Gasteiger partial charge in [0.1, 0.15) is 0 Å². The predicted molar refractivity (Wildman–Crippen MR) is 84.0 cm³/mol. The molecule has 1 aromatic rings. The van der Waals surface area contributed by atoms with Gasteiger partial charge in [0.05, 0.1) is 24.5 Å². The molecule has 0 saturated heterocycles. The van der Waals surface area contributed by atoms with Crippen molar-refractivity contribution in [2.45, 2.75) is 19.9 Å². The zero-order valence-corrected chi connectivity index (χ0v) is 13.5. The number of nitrogens with zero attached hydrogens (tertiary/aromatic N) is 2. The highest BCUT2D eigenvalue weighted by atomic mass is 35.5. The molecule has 0 atom stereocenters. The smallest absolute Gasteiger partial charge is 0.300 e. The summed E-state index contributed by atoms with van der Waals surface area (Å²) in [4.78, 5) is 38.8. The molecule has 0 fully saturated rings. The minimum Gasteiger partial charge on any atom is -0.353 e. The first-order chi connectivity index (χ1) is 10.3. The molecule has 6 nitrogen and oxygen atoms in total. The highest BCUT2D eigenvalue weighted by Crippen LogP contribution is 2.31. The molecule has 0 saturated carbocycles. The molecule has 2 amide bonds. The molecule has 1 aliphatic rings. The van der Waals surface area contributed by atoms with Gasteiger partial charge >= 0.3 is 5.91 Å². The number of nitrogens with one attached hydrogen (secondary N) is 1. The van der Waals surface area contributed by atoms with E-state index in [4.69, 9.17) is 11.6 Å². The third kappa shape index (κ3) is 3.45. The van der Waals surface area contributed by atoms with Crippen LogP contribution in [-0.2, 0) is 9.59 Å². The first kappa shape index (κ1) is 16.5. The molecule has 0 bridgehead atoms. The molecule has 2 rings (SSSR count).